The molecule has 1 aromatic carbocycles. The molecule has 0 saturated heterocycles. The van der Waals surface area contributed by atoms with Crippen LogP contribution in [0.5, 0.6) is 0 Å². The van der Waals surface area contributed by atoms with E-state index in [0.717, 1.165) is 5.56 Å². The Morgan fingerprint density at radius 2 is 1.70 bits per heavy atom. The number of hydrogen-bond acceptors (Lipinski definition) is 4. The summed E-state index contributed by atoms with van der Waals surface area (Å²) in [7, 11) is -3.88. The first-order valence-corrected chi connectivity index (χ1v) is 10.8. The Kier molecular flexibility index (Phi) is 6.04. The van der Waals surface area contributed by atoms with Gasteiger partial charge in [-0.3, -0.25) is 9.59 Å². The molecule has 27 heavy (non-hydrogen) atoms. The number of nitrogens with one attached hydrogen (secondary N) is 2. The molecule has 0 aliphatic heterocycles. The van der Waals surface area contributed by atoms with Crippen LogP contribution in [0.15, 0.2) is 23.1 Å². The Bertz CT molecular complexity index is 832. The molecule has 1 fully saturated rings. The van der Waals surface area contributed by atoms with E-state index in [4.69, 9.17) is 0 Å². The molecule has 7 heteroatoms. The van der Waals surface area contributed by atoms with Crippen molar-refractivity contribution in [1.29, 1.82) is 0 Å². The first-order valence-electron chi connectivity index (χ1n) is 9.30. The Labute approximate surface area is 162 Å². The lowest BCUT2D eigenvalue weighted by Gasteiger charge is -2.29. The fourth-order valence-electron chi connectivity index (χ4n) is 3.56. The number of carbonyl (C=O) groups is 2. The van der Waals surface area contributed by atoms with Crippen LogP contribution in [0, 0.1) is 13.8 Å². The van der Waals surface area contributed by atoms with Crippen molar-refractivity contribution < 1.29 is 18.0 Å². The molecule has 1 aromatic rings. The quantitative estimate of drug-likeness (QED) is 0.802. The second kappa shape index (κ2) is 7.62. The highest BCUT2D eigenvalue weighted by Gasteiger charge is 2.53. The Morgan fingerprint density at radius 3 is 2.26 bits per heavy atom. The molecule has 0 aromatic heterocycles. The van der Waals surface area contributed by atoms with Crippen molar-refractivity contribution in [2.45, 2.75) is 75.5 Å². The zero-order valence-corrected chi connectivity index (χ0v) is 17.6. The lowest BCUT2D eigenvalue weighted by Crippen LogP contribution is -2.53. The van der Waals surface area contributed by atoms with E-state index in [0.29, 0.717) is 18.4 Å². The molecule has 1 saturated carbocycles. The van der Waals surface area contributed by atoms with Gasteiger partial charge in [-0.25, -0.2) is 8.42 Å². The smallest absolute Gasteiger partial charge is 0.242 e. The minimum Gasteiger partial charge on any atom is -0.350 e. The monoisotopic (exact) mass is 394 g/mol. The van der Waals surface area contributed by atoms with Crippen LogP contribution in [0.1, 0.15) is 57.6 Å². The predicted octanol–water partition coefficient (Wildman–Crippen LogP) is 2.42. The van der Waals surface area contributed by atoms with Crippen LogP contribution < -0.4 is 10.6 Å². The maximum Gasteiger partial charge on any atom is 0.242 e. The van der Waals surface area contributed by atoms with Crippen molar-refractivity contribution in [3.05, 3.63) is 29.3 Å². The lowest BCUT2D eigenvalue weighted by molar-refractivity contribution is -0.128. The van der Waals surface area contributed by atoms with Gasteiger partial charge in [0.2, 0.25) is 11.8 Å². The van der Waals surface area contributed by atoms with E-state index in [1.807, 2.05) is 33.8 Å². The van der Waals surface area contributed by atoms with Gasteiger partial charge in [0.15, 0.2) is 14.6 Å². The first kappa shape index (κ1) is 21.4. The van der Waals surface area contributed by atoms with Crippen LogP contribution in [0.3, 0.4) is 0 Å². The summed E-state index contributed by atoms with van der Waals surface area (Å²) in [5.74, 6) is -0.918. The van der Waals surface area contributed by atoms with Gasteiger partial charge >= 0.3 is 0 Å². The van der Waals surface area contributed by atoms with Crippen LogP contribution in [-0.4, -0.2) is 37.1 Å². The fourth-order valence-corrected chi connectivity index (χ4v) is 5.95. The van der Waals surface area contributed by atoms with E-state index in [2.05, 4.69) is 10.6 Å². The van der Waals surface area contributed by atoms with Gasteiger partial charge in [0.25, 0.3) is 0 Å². The summed E-state index contributed by atoms with van der Waals surface area (Å²) in [5.41, 5.74) is 1.04. The van der Waals surface area contributed by atoms with Crippen LogP contribution in [0.2, 0.25) is 0 Å². The zero-order valence-electron chi connectivity index (χ0n) is 16.8. The summed E-state index contributed by atoms with van der Waals surface area (Å²) < 4.78 is 25.5. The molecule has 2 rings (SSSR count). The van der Waals surface area contributed by atoms with Crippen molar-refractivity contribution in [2.75, 3.05) is 6.54 Å². The molecule has 0 unspecified atom stereocenters. The molecule has 150 valence electrons. The normalized spacial score (nSPS) is 16.8. The Balaban J connectivity index is 2.30. The average molecular weight is 395 g/mol. The minimum atomic E-state index is -3.88. The average Bonchev–Trinajstić information content (AvgIpc) is 3.04. The molecule has 0 heterocycles. The van der Waals surface area contributed by atoms with E-state index in [1.165, 1.54) is 0 Å². The molecule has 6 nitrogen and oxygen atoms in total. The largest absolute Gasteiger partial charge is 0.350 e. The number of benzene rings is 1. The topological polar surface area (TPSA) is 92.3 Å². The van der Waals surface area contributed by atoms with Crippen LogP contribution in [-0.2, 0) is 19.4 Å². The van der Waals surface area contributed by atoms with Gasteiger partial charge < -0.3 is 10.6 Å². The Morgan fingerprint density at radius 1 is 1.11 bits per heavy atom. The molecule has 1 aliphatic carbocycles. The third kappa shape index (κ3) is 4.51. The first-order chi connectivity index (χ1) is 12.4. The second-order valence-electron chi connectivity index (χ2n) is 8.45. The third-order valence-corrected chi connectivity index (χ3v) is 7.54. The maximum atomic E-state index is 13.5. The molecule has 0 spiro atoms. The molecule has 0 radical (unpaired) electrons. The summed E-state index contributed by atoms with van der Waals surface area (Å²) in [5, 5.41) is 5.33. The molecule has 1 aliphatic rings. The maximum absolute atomic E-state index is 13.5. The number of carbonyl (C=O) groups excluding carboxylic acids is 2. The molecular weight excluding hydrogens is 364 g/mol. The highest BCUT2D eigenvalue weighted by atomic mass is 32.2. The zero-order chi connectivity index (χ0) is 20.5. The molecule has 2 N–H and O–H groups in total. The third-order valence-electron chi connectivity index (χ3n) is 4.90. The molecule has 0 atom stereocenters. The summed E-state index contributed by atoms with van der Waals surface area (Å²) in [6.07, 6.45) is 1.89. The van der Waals surface area contributed by atoms with Crippen LogP contribution in [0.4, 0.5) is 0 Å². The van der Waals surface area contributed by atoms with E-state index >= 15 is 0 Å². The van der Waals surface area contributed by atoms with Crippen LogP contribution in [0.25, 0.3) is 0 Å². The van der Waals surface area contributed by atoms with E-state index in [-0.39, 0.29) is 30.2 Å². The van der Waals surface area contributed by atoms with Crippen molar-refractivity contribution in [2.24, 2.45) is 0 Å². The van der Waals surface area contributed by atoms with Crippen molar-refractivity contribution in [1.82, 2.24) is 10.6 Å². The SMILES string of the molecule is Cc1ccc(C)c(S(=O)(=O)C2(C(=O)NCC(=O)NC(C)(C)C)CCCC2)c1. The van der Waals surface area contributed by atoms with Gasteiger partial charge in [-0.15, -0.1) is 0 Å². The molecule has 0 bridgehead atoms. The standard InChI is InChI=1S/C20H30N2O4S/c1-14-8-9-15(2)16(12-14)27(25,26)20(10-6-7-11-20)18(24)21-13-17(23)22-19(3,4)5/h8-9,12H,6-7,10-11,13H2,1-5H3,(H,21,24)(H,22,23). The van der Waals surface area contributed by atoms with Crippen molar-refractivity contribution >= 4 is 21.7 Å². The molecular formula is C20H30N2O4S. The summed E-state index contributed by atoms with van der Waals surface area (Å²) >= 11 is 0. The van der Waals surface area contributed by atoms with Gasteiger partial charge in [-0.2, -0.15) is 0 Å². The fraction of sp³-hybridized carbons (Fsp3) is 0.600. The van der Waals surface area contributed by atoms with Gasteiger partial charge in [0, 0.05) is 5.54 Å². The Hall–Kier alpha value is -1.89. The summed E-state index contributed by atoms with van der Waals surface area (Å²) in [4.78, 5) is 25.2. The lowest BCUT2D eigenvalue weighted by atomic mass is 10.1. The predicted molar refractivity (Wildman–Crippen MR) is 105 cm³/mol. The number of sulfone groups is 1. The van der Waals surface area contributed by atoms with E-state index in [9.17, 15) is 18.0 Å². The highest BCUT2D eigenvalue weighted by Crippen LogP contribution is 2.41. The highest BCUT2D eigenvalue weighted by molar-refractivity contribution is 7.93. The van der Waals surface area contributed by atoms with Crippen LogP contribution >= 0.6 is 0 Å². The minimum absolute atomic E-state index is 0.207. The van der Waals surface area contributed by atoms with Crippen molar-refractivity contribution in [3.8, 4) is 0 Å². The number of aryl methyl sites for hydroxylation is 2. The van der Waals surface area contributed by atoms with Crippen molar-refractivity contribution in [3.63, 3.8) is 0 Å². The van der Waals surface area contributed by atoms with Gasteiger partial charge in [-0.1, -0.05) is 25.0 Å². The van der Waals surface area contributed by atoms with Gasteiger partial charge in [-0.05, 0) is 64.7 Å². The number of hydrogen-bond donors (Lipinski definition) is 2. The van der Waals surface area contributed by atoms with E-state index < -0.39 is 26.0 Å². The second-order valence-corrected chi connectivity index (χ2v) is 10.7. The van der Waals surface area contributed by atoms with Gasteiger partial charge in [0.05, 0.1) is 11.4 Å². The van der Waals surface area contributed by atoms with E-state index in [1.54, 1.807) is 19.1 Å². The summed E-state index contributed by atoms with van der Waals surface area (Å²) in [6.45, 7) is 8.86. The summed E-state index contributed by atoms with van der Waals surface area (Å²) in [6, 6.07) is 5.25. The molecule has 2 amide bonds. The number of rotatable bonds is 5. The number of amides is 2. The van der Waals surface area contributed by atoms with Gasteiger partial charge in [0.1, 0.15) is 0 Å².